The van der Waals surface area contributed by atoms with Gasteiger partial charge in [0.05, 0.1) is 22.9 Å². The summed E-state index contributed by atoms with van der Waals surface area (Å²) < 4.78 is 37.6. The Balaban J connectivity index is 1.44. The van der Waals surface area contributed by atoms with E-state index in [0.29, 0.717) is 25.3 Å². The number of urea groups is 1. The predicted molar refractivity (Wildman–Crippen MR) is 121 cm³/mol. The number of aromatic nitrogens is 1. The molecule has 0 atom stereocenters. The number of halogens is 1. The number of sulfone groups is 1. The maximum atomic E-state index is 14.4. The van der Waals surface area contributed by atoms with Crippen molar-refractivity contribution < 1.29 is 22.4 Å². The van der Waals surface area contributed by atoms with Gasteiger partial charge in [0, 0.05) is 37.8 Å². The highest BCUT2D eigenvalue weighted by Crippen LogP contribution is 2.22. The number of amides is 3. The van der Waals surface area contributed by atoms with Crippen molar-refractivity contribution in [2.75, 3.05) is 31.1 Å². The summed E-state index contributed by atoms with van der Waals surface area (Å²) in [5.74, 6) is -0.456. The van der Waals surface area contributed by atoms with Gasteiger partial charge in [-0.3, -0.25) is 14.6 Å². The van der Waals surface area contributed by atoms with E-state index in [2.05, 4.69) is 4.98 Å². The molecule has 0 aliphatic carbocycles. The number of rotatable bonds is 6. The molecule has 2 saturated heterocycles. The van der Waals surface area contributed by atoms with Crippen LogP contribution in [0.25, 0.3) is 11.3 Å². The van der Waals surface area contributed by atoms with Gasteiger partial charge in [0.15, 0.2) is 9.84 Å². The fraction of sp³-hybridized carbons (Fsp3) is 0.435. The lowest BCUT2D eigenvalue weighted by Gasteiger charge is -2.26. The molecule has 4 rings (SSSR count). The summed E-state index contributed by atoms with van der Waals surface area (Å²) in [5, 5.41) is 0. The molecule has 3 heterocycles. The van der Waals surface area contributed by atoms with Crippen molar-refractivity contribution in [3.05, 3.63) is 53.5 Å². The average molecular weight is 475 g/mol. The first-order valence-electron chi connectivity index (χ1n) is 10.9. The van der Waals surface area contributed by atoms with Gasteiger partial charge in [-0.25, -0.2) is 22.6 Å². The van der Waals surface area contributed by atoms with Crippen LogP contribution in [0.3, 0.4) is 0 Å². The van der Waals surface area contributed by atoms with E-state index in [1.54, 1.807) is 6.07 Å². The van der Waals surface area contributed by atoms with Crippen LogP contribution in [-0.4, -0.2) is 77.2 Å². The Labute approximate surface area is 192 Å². The summed E-state index contributed by atoms with van der Waals surface area (Å²) in [5.41, 5.74) is 2.57. The number of hydrogen-bond acceptors (Lipinski definition) is 6. The molecule has 1 aromatic heterocycles. The van der Waals surface area contributed by atoms with Crippen LogP contribution in [-0.2, 0) is 27.7 Å². The van der Waals surface area contributed by atoms with Gasteiger partial charge in [0.25, 0.3) is 5.91 Å². The number of hydrogen-bond donors (Lipinski definition) is 0. The molecule has 33 heavy (non-hydrogen) atoms. The Morgan fingerprint density at radius 3 is 2.27 bits per heavy atom. The van der Waals surface area contributed by atoms with E-state index in [1.807, 2.05) is 43.0 Å². The summed E-state index contributed by atoms with van der Waals surface area (Å²) in [6.07, 6.45) is 0. The SMILES string of the molecule is CC(C)N1C(=O)CN(Cc2ccc(-c3ccc(F)c(CN4CCS(=O)(=O)CC4)n3)cc2)C1=O. The molecule has 3 amide bonds. The Kier molecular flexibility index (Phi) is 6.49. The van der Waals surface area contributed by atoms with Gasteiger partial charge in [0.1, 0.15) is 12.4 Å². The van der Waals surface area contributed by atoms with Crippen LogP contribution in [0.5, 0.6) is 0 Å². The summed E-state index contributed by atoms with van der Waals surface area (Å²) in [6.45, 7) is 5.01. The zero-order valence-corrected chi connectivity index (χ0v) is 19.5. The first-order chi connectivity index (χ1) is 15.6. The quantitative estimate of drug-likeness (QED) is 0.597. The molecular formula is C23H27FN4O4S. The second-order valence-corrected chi connectivity index (χ2v) is 11.0. The fourth-order valence-corrected chi connectivity index (χ4v) is 5.35. The van der Waals surface area contributed by atoms with E-state index in [-0.39, 0.29) is 48.3 Å². The van der Waals surface area contributed by atoms with E-state index in [0.717, 1.165) is 11.1 Å². The zero-order valence-electron chi connectivity index (χ0n) is 18.7. The van der Waals surface area contributed by atoms with Gasteiger partial charge in [-0.2, -0.15) is 0 Å². The van der Waals surface area contributed by atoms with Crippen LogP contribution in [0.15, 0.2) is 36.4 Å². The standard InChI is InChI=1S/C23H27FN4O4S/c1-16(2)28-22(29)15-27(23(28)30)13-17-3-5-18(6-4-17)20-8-7-19(24)21(25-20)14-26-9-11-33(31,32)12-10-26/h3-8,16H,9-15H2,1-2H3. The maximum absolute atomic E-state index is 14.4. The molecule has 2 aliphatic rings. The van der Waals surface area contributed by atoms with Gasteiger partial charge >= 0.3 is 6.03 Å². The zero-order chi connectivity index (χ0) is 23.8. The van der Waals surface area contributed by atoms with Crippen molar-refractivity contribution in [3.8, 4) is 11.3 Å². The Morgan fingerprint density at radius 1 is 1.00 bits per heavy atom. The van der Waals surface area contributed by atoms with E-state index in [9.17, 15) is 22.4 Å². The van der Waals surface area contributed by atoms with Gasteiger partial charge < -0.3 is 4.90 Å². The molecule has 2 aromatic rings. The second-order valence-electron chi connectivity index (χ2n) is 8.75. The Hall–Kier alpha value is -2.85. The minimum atomic E-state index is -3.00. The lowest BCUT2D eigenvalue weighted by atomic mass is 10.1. The van der Waals surface area contributed by atoms with Crippen LogP contribution in [0.1, 0.15) is 25.1 Å². The van der Waals surface area contributed by atoms with Crippen molar-refractivity contribution in [2.45, 2.75) is 33.0 Å². The number of nitrogens with zero attached hydrogens (tertiary/aromatic N) is 4. The molecule has 0 radical (unpaired) electrons. The summed E-state index contributed by atoms with van der Waals surface area (Å²) >= 11 is 0. The van der Waals surface area contributed by atoms with Gasteiger partial charge in [-0.15, -0.1) is 0 Å². The van der Waals surface area contributed by atoms with Crippen LogP contribution in [0.4, 0.5) is 9.18 Å². The number of imide groups is 1. The third kappa shape index (κ3) is 5.22. The minimum absolute atomic E-state index is 0.0689. The maximum Gasteiger partial charge on any atom is 0.327 e. The van der Waals surface area contributed by atoms with Crippen molar-refractivity contribution in [3.63, 3.8) is 0 Å². The normalized spacial score (nSPS) is 19.0. The van der Waals surface area contributed by atoms with E-state index >= 15 is 0 Å². The molecule has 0 bridgehead atoms. The van der Waals surface area contributed by atoms with Crippen LogP contribution in [0, 0.1) is 5.82 Å². The van der Waals surface area contributed by atoms with E-state index in [4.69, 9.17) is 0 Å². The molecule has 8 nitrogen and oxygen atoms in total. The topological polar surface area (TPSA) is 90.9 Å². The molecule has 0 spiro atoms. The number of carbonyl (C=O) groups is 2. The number of pyridine rings is 1. The third-order valence-electron chi connectivity index (χ3n) is 5.94. The van der Waals surface area contributed by atoms with Gasteiger partial charge in [-0.05, 0) is 31.5 Å². The average Bonchev–Trinajstić information content (AvgIpc) is 3.04. The molecule has 2 aliphatic heterocycles. The Bertz CT molecular complexity index is 1150. The Morgan fingerprint density at radius 2 is 1.67 bits per heavy atom. The number of benzene rings is 1. The summed E-state index contributed by atoms with van der Waals surface area (Å²) in [7, 11) is -3.00. The molecule has 0 saturated carbocycles. The second kappa shape index (κ2) is 9.18. The lowest BCUT2D eigenvalue weighted by molar-refractivity contribution is -0.126. The first-order valence-corrected chi connectivity index (χ1v) is 12.7. The summed E-state index contributed by atoms with van der Waals surface area (Å²) in [6, 6.07) is 9.97. The van der Waals surface area contributed by atoms with Crippen molar-refractivity contribution in [2.24, 2.45) is 0 Å². The molecule has 1 aromatic carbocycles. The van der Waals surface area contributed by atoms with Crippen molar-refractivity contribution in [1.82, 2.24) is 19.7 Å². The highest BCUT2D eigenvalue weighted by Gasteiger charge is 2.37. The van der Waals surface area contributed by atoms with Crippen LogP contribution >= 0.6 is 0 Å². The predicted octanol–water partition coefficient (Wildman–Crippen LogP) is 2.29. The van der Waals surface area contributed by atoms with E-state index in [1.165, 1.54) is 15.9 Å². The van der Waals surface area contributed by atoms with Crippen molar-refractivity contribution in [1.29, 1.82) is 0 Å². The molecule has 176 valence electrons. The van der Waals surface area contributed by atoms with Crippen LogP contribution < -0.4 is 0 Å². The minimum Gasteiger partial charge on any atom is -0.311 e. The molecule has 0 unspecified atom stereocenters. The first kappa shape index (κ1) is 23.3. The highest BCUT2D eigenvalue weighted by atomic mass is 32.2. The fourth-order valence-electron chi connectivity index (χ4n) is 4.08. The third-order valence-corrected chi connectivity index (χ3v) is 7.55. The largest absolute Gasteiger partial charge is 0.327 e. The van der Waals surface area contributed by atoms with Crippen LogP contribution in [0.2, 0.25) is 0 Å². The van der Waals surface area contributed by atoms with Gasteiger partial charge in [0.2, 0.25) is 0 Å². The lowest BCUT2D eigenvalue weighted by Crippen LogP contribution is -2.40. The smallest absolute Gasteiger partial charge is 0.311 e. The monoisotopic (exact) mass is 474 g/mol. The highest BCUT2D eigenvalue weighted by molar-refractivity contribution is 7.91. The molecule has 10 heteroatoms. The molecular weight excluding hydrogens is 447 g/mol. The summed E-state index contributed by atoms with van der Waals surface area (Å²) in [4.78, 5) is 33.7. The van der Waals surface area contributed by atoms with Gasteiger partial charge in [-0.1, -0.05) is 24.3 Å². The van der Waals surface area contributed by atoms with E-state index < -0.39 is 15.7 Å². The van der Waals surface area contributed by atoms with Crippen molar-refractivity contribution >= 4 is 21.8 Å². The number of carbonyl (C=O) groups excluding carboxylic acids is 2. The molecule has 0 N–H and O–H groups in total. The molecule has 2 fully saturated rings.